The van der Waals surface area contributed by atoms with E-state index in [1.54, 1.807) is 4.90 Å². The number of morpholine rings is 1. The summed E-state index contributed by atoms with van der Waals surface area (Å²) in [6.45, 7) is 5.74. The molecule has 1 heterocycles. The number of hydrogen-bond donors (Lipinski definition) is 1. The number of carboxylic acid groups (broad SMARTS) is 1. The number of rotatable bonds is 3. The molecule has 1 atom stereocenters. The van der Waals surface area contributed by atoms with Gasteiger partial charge in [0.15, 0.2) is 6.10 Å². The normalized spacial score (nSPS) is 20.6. The molecule has 0 aromatic heterocycles. The molecule has 0 aromatic rings. The first kappa shape index (κ1) is 12.8. The molecular weight excluding hydrogens is 212 g/mol. The molecule has 1 aliphatic heterocycles. The Hall–Kier alpha value is -1.30. The van der Waals surface area contributed by atoms with Crippen molar-refractivity contribution in [3.63, 3.8) is 0 Å². The zero-order chi connectivity index (χ0) is 12.1. The average Bonchev–Trinajstić information content (AvgIpc) is 2.30. The Morgan fingerprint density at radius 3 is 2.56 bits per heavy atom. The summed E-state index contributed by atoms with van der Waals surface area (Å²) in [4.78, 5) is 25.6. The summed E-state index contributed by atoms with van der Waals surface area (Å²) in [6.07, 6.45) is -1.65. The molecule has 0 aromatic carbocycles. The van der Waals surface area contributed by atoms with E-state index in [0.717, 1.165) is 0 Å². The fraction of sp³-hybridized carbons (Fsp3) is 0.800. The molecule has 2 amide bonds. The summed E-state index contributed by atoms with van der Waals surface area (Å²) in [5.74, 6) is -0.129. The summed E-state index contributed by atoms with van der Waals surface area (Å²) in [5.41, 5.74) is 0. The van der Waals surface area contributed by atoms with Gasteiger partial charge < -0.3 is 19.6 Å². The minimum absolute atomic E-state index is 0.129. The molecule has 16 heavy (non-hydrogen) atoms. The molecule has 1 aliphatic rings. The van der Waals surface area contributed by atoms with Crippen LogP contribution in [0, 0.1) is 0 Å². The largest absolute Gasteiger partial charge is 0.465 e. The predicted molar refractivity (Wildman–Crippen MR) is 57.3 cm³/mol. The van der Waals surface area contributed by atoms with Crippen molar-refractivity contribution in [1.82, 2.24) is 9.80 Å². The van der Waals surface area contributed by atoms with E-state index >= 15 is 0 Å². The molecule has 0 spiro atoms. The van der Waals surface area contributed by atoms with Crippen molar-refractivity contribution in [3.8, 4) is 0 Å². The predicted octanol–water partition coefficient (Wildman–Crippen LogP) is 0.234. The van der Waals surface area contributed by atoms with Crippen molar-refractivity contribution < 1.29 is 19.4 Å². The van der Waals surface area contributed by atoms with Crippen molar-refractivity contribution >= 4 is 12.0 Å². The number of likely N-dealkylation sites (N-methyl/N-ethyl adjacent to an activating group) is 1. The lowest BCUT2D eigenvalue weighted by Gasteiger charge is -2.32. The van der Waals surface area contributed by atoms with Crippen molar-refractivity contribution in [1.29, 1.82) is 0 Å². The number of carbonyl (C=O) groups is 2. The molecular formula is C10H18N2O4. The first-order chi connectivity index (χ1) is 7.60. The van der Waals surface area contributed by atoms with Gasteiger partial charge in [-0.15, -0.1) is 0 Å². The van der Waals surface area contributed by atoms with Gasteiger partial charge in [-0.25, -0.2) is 4.79 Å². The number of ether oxygens (including phenoxy) is 1. The smallest absolute Gasteiger partial charge is 0.407 e. The molecule has 1 rings (SSSR count). The summed E-state index contributed by atoms with van der Waals surface area (Å²) in [5, 5.41) is 8.84. The molecule has 0 saturated carbocycles. The quantitative estimate of drug-likeness (QED) is 0.753. The van der Waals surface area contributed by atoms with E-state index in [0.29, 0.717) is 19.6 Å². The third-order valence-corrected chi connectivity index (χ3v) is 2.69. The van der Waals surface area contributed by atoms with Crippen LogP contribution in [0.5, 0.6) is 0 Å². The lowest BCUT2D eigenvalue weighted by Crippen LogP contribution is -2.52. The van der Waals surface area contributed by atoms with Gasteiger partial charge in [-0.2, -0.15) is 0 Å². The third-order valence-electron chi connectivity index (χ3n) is 2.69. The van der Waals surface area contributed by atoms with Gasteiger partial charge in [0.2, 0.25) is 0 Å². The Balaban J connectivity index is 2.59. The van der Waals surface area contributed by atoms with E-state index in [2.05, 4.69) is 0 Å². The molecule has 1 N–H and O–H groups in total. The van der Waals surface area contributed by atoms with Gasteiger partial charge in [0.05, 0.1) is 13.2 Å². The minimum Gasteiger partial charge on any atom is -0.465 e. The van der Waals surface area contributed by atoms with Gasteiger partial charge in [-0.3, -0.25) is 4.79 Å². The highest BCUT2D eigenvalue weighted by atomic mass is 16.5. The summed E-state index contributed by atoms with van der Waals surface area (Å²) < 4.78 is 5.31. The van der Waals surface area contributed by atoms with Gasteiger partial charge in [0.1, 0.15) is 0 Å². The highest BCUT2D eigenvalue weighted by Crippen LogP contribution is 2.08. The second-order valence-electron chi connectivity index (χ2n) is 3.60. The maximum atomic E-state index is 11.9. The van der Waals surface area contributed by atoms with Gasteiger partial charge >= 0.3 is 6.09 Å². The molecule has 6 nitrogen and oxygen atoms in total. The molecule has 1 fully saturated rings. The first-order valence-corrected chi connectivity index (χ1v) is 5.48. The van der Waals surface area contributed by atoms with Crippen molar-refractivity contribution in [3.05, 3.63) is 0 Å². The number of nitrogens with zero attached hydrogens (tertiary/aromatic N) is 2. The van der Waals surface area contributed by atoms with E-state index < -0.39 is 12.2 Å². The first-order valence-electron chi connectivity index (χ1n) is 5.48. The van der Waals surface area contributed by atoms with Gasteiger partial charge in [-0.1, -0.05) is 0 Å². The van der Waals surface area contributed by atoms with Crippen molar-refractivity contribution in [2.24, 2.45) is 0 Å². The molecule has 0 radical (unpaired) electrons. The molecule has 0 aliphatic carbocycles. The minimum atomic E-state index is -0.999. The number of carbonyl (C=O) groups excluding carboxylic acids is 1. The van der Waals surface area contributed by atoms with Crippen LogP contribution >= 0.6 is 0 Å². The van der Waals surface area contributed by atoms with Crippen LogP contribution in [0.25, 0.3) is 0 Å². The fourth-order valence-corrected chi connectivity index (χ4v) is 1.71. The van der Waals surface area contributed by atoms with E-state index in [1.807, 2.05) is 13.8 Å². The van der Waals surface area contributed by atoms with Gasteiger partial charge in [0.25, 0.3) is 5.91 Å². The average molecular weight is 230 g/mol. The SMILES string of the molecule is CCN(CC)C(=O)C1CN(C(=O)O)CCO1. The third kappa shape index (κ3) is 2.85. The van der Waals surface area contributed by atoms with E-state index in [-0.39, 0.29) is 19.1 Å². The van der Waals surface area contributed by atoms with Crippen molar-refractivity contribution in [2.45, 2.75) is 20.0 Å². The Morgan fingerprint density at radius 2 is 2.06 bits per heavy atom. The Kier molecular flexibility index (Phi) is 4.54. The van der Waals surface area contributed by atoms with Crippen LogP contribution in [-0.4, -0.2) is 65.8 Å². The molecule has 6 heteroatoms. The highest BCUT2D eigenvalue weighted by Gasteiger charge is 2.31. The zero-order valence-corrected chi connectivity index (χ0v) is 9.68. The van der Waals surface area contributed by atoms with E-state index in [9.17, 15) is 9.59 Å². The standard InChI is InChI=1S/C10H18N2O4/c1-3-11(4-2)9(13)8-7-12(10(14)15)5-6-16-8/h8H,3-7H2,1-2H3,(H,14,15). The topological polar surface area (TPSA) is 70.1 Å². The van der Waals surface area contributed by atoms with E-state index in [1.165, 1.54) is 4.90 Å². The summed E-state index contributed by atoms with van der Waals surface area (Å²) in [7, 11) is 0. The van der Waals surface area contributed by atoms with Crippen LogP contribution in [0.3, 0.4) is 0 Å². The Morgan fingerprint density at radius 1 is 1.44 bits per heavy atom. The van der Waals surface area contributed by atoms with Crippen LogP contribution in [0.2, 0.25) is 0 Å². The van der Waals surface area contributed by atoms with Crippen molar-refractivity contribution in [2.75, 3.05) is 32.8 Å². The van der Waals surface area contributed by atoms with Crippen LogP contribution in [-0.2, 0) is 9.53 Å². The van der Waals surface area contributed by atoms with Gasteiger partial charge in [-0.05, 0) is 13.8 Å². The molecule has 92 valence electrons. The lowest BCUT2D eigenvalue weighted by atomic mass is 10.2. The highest BCUT2D eigenvalue weighted by molar-refractivity contribution is 5.82. The lowest BCUT2D eigenvalue weighted by molar-refractivity contribution is -0.147. The molecule has 1 unspecified atom stereocenters. The van der Waals surface area contributed by atoms with Crippen LogP contribution in [0.1, 0.15) is 13.8 Å². The molecule has 1 saturated heterocycles. The fourth-order valence-electron chi connectivity index (χ4n) is 1.71. The second kappa shape index (κ2) is 5.69. The van der Waals surface area contributed by atoms with Crippen LogP contribution < -0.4 is 0 Å². The van der Waals surface area contributed by atoms with Gasteiger partial charge in [0, 0.05) is 19.6 Å². The Bertz CT molecular complexity index is 266. The van der Waals surface area contributed by atoms with Crippen LogP contribution in [0.15, 0.2) is 0 Å². The van der Waals surface area contributed by atoms with Crippen LogP contribution in [0.4, 0.5) is 4.79 Å². The second-order valence-corrected chi connectivity index (χ2v) is 3.60. The zero-order valence-electron chi connectivity index (χ0n) is 9.68. The monoisotopic (exact) mass is 230 g/mol. The summed E-state index contributed by atoms with van der Waals surface area (Å²) >= 11 is 0. The molecule has 0 bridgehead atoms. The van der Waals surface area contributed by atoms with E-state index in [4.69, 9.17) is 9.84 Å². The maximum Gasteiger partial charge on any atom is 0.407 e. The number of amides is 2. The number of hydrogen-bond acceptors (Lipinski definition) is 3. The Labute approximate surface area is 94.8 Å². The summed E-state index contributed by atoms with van der Waals surface area (Å²) in [6, 6.07) is 0. The maximum absolute atomic E-state index is 11.9.